The van der Waals surface area contributed by atoms with Crippen molar-refractivity contribution in [1.29, 1.82) is 0 Å². The number of hydrogen-bond acceptors (Lipinski definition) is 4. The molecule has 2 heterocycles. The Balaban J connectivity index is 2.00. The molecule has 0 radical (unpaired) electrons. The van der Waals surface area contributed by atoms with Crippen molar-refractivity contribution in [1.82, 2.24) is 9.88 Å². The Morgan fingerprint density at radius 1 is 1.58 bits per heavy atom. The fourth-order valence-corrected chi connectivity index (χ4v) is 2.28. The summed E-state index contributed by atoms with van der Waals surface area (Å²) < 4.78 is 10.5. The number of urea groups is 1. The molecule has 2 amide bonds. The molecule has 1 fully saturated rings. The smallest absolute Gasteiger partial charge is 0.322 e. The molecule has 1 aromatic rings. The number of hydrogen-bond donors (Lipinski definition) is 1. The summed E-state index contributed by atoms with van der Waals surface area (Å²) in [6, 6.07) is 3.49. The molecular weight excluding hydrogens is 246 g/mol. The summed E-state index contributed by atoms with van der Waals surface area (Å²) in [5.41, 5.74) is 0.685. The maximum absolute atomic E-state index is 12.2. The van der Waals surface area contributed by atoms with Gasteiger partial charge in [-0.15, -0.1) is 0 Å². The number of anilines is 1. The Bertz CT molecular complexity index is 413. The van der Waals surface area contributed by atoms with Crippen molar-refractivity contribution in [3.63, 3.8) is 0 Å². The lowest BCUT2D eigenvalue weighted by molar-refractivity contribution is 0.110. The van der Waals surface area contributed by atoms with Gasteiger partial charge in [-0.2, -0.15) is 0 Å². The molecule has 1 N–H and O–H groups in total. The van der Waals surface area contributed by atoms with Crippen molar-refractivity contribution in [2.75, 3.05) is 32.7 Å². The molecule has 0 aromatic carbocycles. The van der Waals surface area contributed by atoms with E-state index in [0.717, 1.165) is 6.42 Å². The van der Waals surface area contributed by atoms with Crippen LogP contribution in [0.2, 0.25) is 0 Å². The number of nitrogens with one attached hydrogen (secondary N) is 1. The number of amides is 2. The quantitative estimate of drug-likeness (QED) is 0.892. The van der Waals surface area contributed by atoms with E-state index in [1.54, 1.807) is 43.6 Å². The second-order valence-corrected chi connectivity index (χ2v) is 4.53. The first-order chi connectivity index (χ1) is 9.24. The molecule has 1 saturated heterocycles. The first kappa shape index (κ1) is 13.8. The summed E-state index contributed by atoms with van der Waals surface area (Å²) in [6.07, 6.45) is 4.15. The summed E-state index contributed by atoms with van der Waals surface area (Å²) in [6.45, 7) is 1.09. The van der Waals surface area contributed by atoms with Crippen LogP contribution in [-0.4, -0.2) is 55.4 Å². The van der Waals surface area contributed by atoms with E-state index in [1.165, 1.54) is 0 Å². The lowest BCUT2D eigenvalue weighted by Gasteiger charge is -2.23. The number of likely N-dealkylation sites (tertiary alicyclic amines) is 1. The van der Waals surface area contributed by atoms with Crippen LogP contribution in [0.15, 0.2) is 24.5 Å². The lowest BCUT2D eigenvalue weighted by atomic mass is 10.2. The van der Waals surface area contributed by atoms with Gasteiger partial charge in [0, 0.05) is 27.0 Å². The molecule has 2 atom stereocenters. The highest BCUT2D eigenvalue weighted by atomic mass is 16.5. The van der Waals surface area contributed by atoms with E-state index in [0.29, 0.717) is 18.8 Å². The average Bonchev–Trinajstić information content (AvgIpc) is 2.84. The Labute approximate surface area is 112 Å². The van der Waals surface area contributed by atoms with Gasteiger partial charge in [0.05, 0.1) is 30.6 Å². The van der Waals surface area contributed by atoms with E-state index < -0.39 is 0 Å². The van der Waals surface area contributed by atoms with Gasteiger partial charge in [-0.3, -0.25) is 4.98 Å². The normalized spacial score (nSPS) is 22.5. The van der Waals surface area contributed by atoms with Crippen molar-refractivity contribution in [2.45, 2.75) is 18.6 Å². The third kappa shape index (κ3) is 3.42. The molecule has 0 bridgehead atoms. The lowest BCUT2D eigenvalue weighted by Crippen LogP contribution is -2.41. The third-order valence-electron chi connectivity index (χ3n) is 3.24. The number of ether oxygens (including phenoxy) is 2. The largest absolute Gasteiger partial charge is 0.383 e. The first-order valence-corrected chi connectivity index (χ1v) is 6.24. The highest BCUT2D eigenvalue weighted by Crippen LogP contribution is 2.21. The van der Waals surface area contributed by atoms with Crippen LogP contribution in [0.25, 0.3) is 0 Å². The molecule has 0 aliphatic carbocycles. The molecule has 0 unspecified atom stereocenters. The molecule has 6 heteroatoms. The Kier molecular flexibility index (Phi) is 4.70. The third-order valence-corrected chi connectivity index (χ3v) is 3.24. The number of methoxy groups -OCH3 is 2. The first-order valence-electron chi connectivity index (χ1n) is 6.24. The molecule has 0 saturated carbocycles. The zero-order valence-corrected chi connectivity index (χ0v) is 11.2. The number of carbonyl (C=O) groups excluding carboxylic acids is 1. The minimum Gasteiger partial charge on any atom is -0.383 e. The summed E-state index contributed by atoms with van der Waals surface area (Å²) in [5, 5.41) is 2.83. The van der Waals surface area contributed by atoms with Crippen molar-refractivity contribution in [3.05, 3.63) is 24.5 Å². The van der Waals surface area contributed by atoms with Crippen LogP contribution in [0, 0.1) is 0 Å². The van der Waals surface area contributed by atoms with Crippen LogP contribution in [0.4, 0.5) is 10.5 Å². The van der Waals surface area contributed by atoms with Gasteiger partial charge in [0.2, 0.25) is 0 Å². The number of carbonyl (C=O) groups is 1. The highest BCUT2D eigenvalue weighted by molar-refractivity contribution is 5.89. The van der Waals surface area contributed by atoms with E-state index >= 15 is 0 Å². The van der Waals surface area contributed by atoms with E-state index in [1.807, 2.05) is 0 Å². The zero-order valence-electron chi connectivity index (χ0n) is 11.2. The van der Waals surface area contributed by atoms with Gasteiger partial charge in [-0.1, -0.05) is 0 Å². The molecule has 6 nitrogen and oxygen atoms in total. The fraction of sp³-hybridized carbons (Fsp3) is 0.538. The molecular formula is C13H19N3O3. The van der Waals surface area contributed by atoms with Crippen LogP contribution in [-0.2, 0) is 9.47 Å². The Morgan fingerprint density at radius 3 is 3.05 bits per heavy atom. The zero-order chi connectivity index (χ0) is 13.7. The SMILES string of the molecule is COC[C@@H]1C[C@H](OC)CN1C(=O)Nc1cccnc1. The van der Waals surface area contributed by atoms with Crippen LogP contribution in [0.3, 0.4) is 0 Å². The van der Waals surface area contributed by atoms with E-state index in [-0.39, 0.29) is 18.2 Å². The second kappa shape index (κ2) is 6.49. The summed E-state index contributed by atoms with van der Waals surface area (Å²) >= 11 is 0. The van der Waals surface area contributed by atoms with Gasteiger partial charge in [-0.05, 0) is 18.6 Å². The van der Waals surface area contributed by atoms with Gasteiger partial charge < -0.3 is 19.7 Å². The Morgan fingerprint density at radius 2 is 2.42 bits per heavy atom. The van der Waals surface area contributed by atoms with Gasteiger partial charge in [0.25, 0.3) is 0 Å². The Hall–Kier alpha value is -1.66. The fourth-order valence-electron chi connectivity index (χ4n) is 2.28. The highest BCUT2D eigenvalue weighted by Gasteiger charge is 2.35. The number of rotatable bonds is 4. The summed E-state index contributed by atoms with van der Waals surface area (Å²) in [7, 11) is 3.30. The van der Waals surface area contributed by atoms with Gasteiger partial charge in [0.1, 0.15) is 0 Å². The van der Waals surface area contributed by atoms with Crippen molar-refractivity contribution < 1.29 is 14.3 Å². The van der Waals surface area contributed by atoms with E-state index in [4.69, 9.17) is 9.47 Å². The number of aromatic nitrogens is 1. The van der Waals surface area contributed by atoms with Gasteiger partial charge in [-0.25, -0.2) is 4.79 Å². The predicted molar refractivity (Wildman–Crippen MR) is 71.0 cm³/mol. The molecule has 2 rings (SSSR count). The molecule has 104 valence electrons. The topological polar surface area (TPSA) is 63.7 Å². The second-order valence-electron chi connectivity index (χ2n) is 4.53. The maximum atomic E-state index is 12.2. The molecule has 1 aliphatic rings. The van der Waals surface area contributed by atoms with Crippen LogP contribution < -0.4 is 5.32 Å². The summed E-state index contributed by atoms with van der Waals surface area (Å²) in [5.74, 6) is 0. The molecule has 1 aliphatic heterocycles. The summed E-state index contributed by atoms with van der Waals surface area (Å²) in [4.78, 5) is 18.0. The maximum Gasteiger partial charge on any atom is 0.322 e. The van der Waals surface area contributed by atoms with Crippen molar-refractivity contribution in [2.24, 2.45) is 0 Å². The van der Waals surface area contributed by atoms with Gasteiger partial charge in [0.15, 0.2) is 0 Å². The average molecular weight is 265 g/mol. The standard InChI is InChI=1S/C13H19N3O3/c1-18-9-11-6-12(19-2)8-16(11)13(17)15-10-4-3-5-14-7-10/h3-5,7,11-12H,6,8-9H2,1-2H3,(H,15,17)/t11-,12-/m0/s1. The minimum atomic E-state index is -0.144. The monoisotopic (exact) mass is 265 g/mol. The van der Waals surface area contributed by atoms with Crippen molar-refractivity contribution in [3.8, 4) is 0 Å². The van der Waals surface area contributed by atoms with E-state index in [9.17, 15) is 4.79 Å². The van der Waals surface area contributed by atoms with Crippen LogP contribution in [0.5, 0.6) is 0 Å². The van der Waals surface area contributed by atoms with Crippen LogP contribution in [0.1, 0.15) is 6.42 Å². The number of nitrogens with zero attached hydrogens (tertiary/aromatic N) is 2. The number of pyridine rings is 1. The van der Waals surface area contributed by atoms with E-state index in [2.05, 4.69) is 10.3 Å². The minimum absolute atomic E-state index is 0.0478. The molecule has 1 aromatic heterocycles. The predicted octanol–water partition coefficient (Wildman–Crippen LogP) is 1.35. The van der Waals surface area contributed by atoms with Crippen molar-refractivity contribution >= 4 is 11.7 Å². The molecule has 0 spiro atoms. The molecule has 19 heavy (non-hydrogen) atoms. The van der Waals surface area contributed by atoms with Gasteiger partial charge >= 0.3 is 6.03 Å². The van der Waals surface area contributed by atoms with Crippen LogP contribution >= 0.6 is 0 Å².